The van der Waals surface area contributed by atoms with E-state index in [1.807, 2.05) is 0 Å². The average Bonchev–Trinajstić information content (AvgIpc) is 2.58. The molecule has 0 fully saturated rings. The highest BCUT2D eigenvalue weighted by Gasteiger charge is 2.29. The summed E-state index contributed by atoms with van der Waals surface area (Å²) in [4.78, 5) is 11.7. The largest absolute Gasteiger partial charge is 0.497 e. The van der Waals surface area contributed by atoms with E-state index < -0.39 is 11.7 Å². The van der Waals surface area contributed by atoms with Crippen LogP contribution in [0.1, 0.15) is 11.1 Å². The Bertz CT molecular complexity index is 667. The molecule has 0 atom stereocenters. The molecule has 2 aromatic rings. The van der Waals surface area contributed by atoms with E-state index >= 15 is 0 Å². The van der Waals surface area contributed by atoms with Crippen LogP contribution in [0.2, 0.25) is 0 Å². The maximum atomic E-state index is 12.4. The van der Waals surface area contributed by atoms with E-state index in [-0.39, 0.29) is 19.1 Å². The van der Waals surface area contributed by atoms with Crippen molar-refractivity contribution in [2.75, 3.05) is 13.7 Å². The molecule has 1 N–H and O–H groups in total. The number of ether oxygens (including phenoxy) is 2. The third-order valence-corrected chi connectivity index (χ3v) is 3.20. The van der Waals surface area contributed by atoms with Crippen molar-refractivity contribution in [2.45, 2.75) is 12.7 Å². The Morgan fingerprint density at radius 1 is 1.00 bits per heavy atom. The molecule has 0 spiro atoms. The van der Waals surface area contributed by atoms with Gasteiger partial charge < -0.3 is 14.8 Å². The lowest BCUT2D eigenvalue weighted by Gasteiger charge is -2.09. The summed E-state index contributed by atoms with van der Waals surface area (Å²) in [7, 11) is 1.55. The van der Waals surface area contributed by atoms with Gasteiger partial charge in [-0.25, -0.2) is 0 Å². The molecule has 0 saturated heterocycles. The van der Waals surface area contributed by atoms with Gasteiger partial charge in [0.25, 0.3) is 5.91 Å². The molecule has 2 rings (SSSR count). The fourth-order valence-corrected chi connectivity index (χ4v) is 1.88. The van der Waals surface area contributed by atoms with Gasteiger partial charge in [-0.1, -0.05) is 12.1 Å². The highest BCUT2D eigenvalue weighted by atomic mass is 19.4. The first-order valence-corrected chi connectivity index (χ1v) is 7.08. The van der Waals surface area contributed by atoms with Crippen molar-refractivity contribution < 1.29 is 27.4 Å². The van der Waals surface area contributed by atoms with Gasteiger partial charge in [-0.05, 0) is 42.0 Å². The van der Waals surface area contributed by atoms with Gasteiger partial charge in [0.1, 0.15) is 11.5 Å². The van der Waals surface area contributed by atoms with E-state index in [9.17, 15) is 18.0 Å². The molecule has 7 heteroatoms. The normalized spacial score (nSPS) is 11.0. The second kappa shape index (κ2) is 7.72. The zero-order valence-electron chi connectivity index (χ0n) is 12.9. The minimum Gasteiger partial charge on any atom is -0.497 e. The first-order chi connectivity index (χ1) is 11.4. The molecule has 0 aliphatic carbocycles. The van der Waals surface area contributed by atoms with Crippen LogP contribution in [0.3, 0.4) is 0 Å². The summed E-state index contributed by atoms with van der Waals surface area (Å²) in [5.74, 6) is 0.820. The predicted molar refractivity (Wildman–Crippen MR) is 81.8 cm³/mol. The van der Waals surface area contributed by atoms with Gasteiger partial charge in [0.05, 0.1) is 12.7 Å². The van der Waals surface area contributed by atoms with Crippen LogP contribution in [-0.2, 0) is 17.5 Å². The highest BCUT2D eigenvalue weighted by Crippen LogP contribution is 2.29. The molecule has 2 aromatic carbocycles. The van der Waals surface area contributed by atoms with Crippen molar-refractivity contribution in [3.05, 3.63) is 59.7 Å². The van der Waals surface area contributed by atoms with Crippen molar-refractivity contribution in [3.63, 3.8) is 0 Å². The molecule has 24 heavy (non-hydrogen) atoms. The van der Waals surface area contributed by atoms with E-state index in [2.05, 4.69) is 5.32 Å². The summed E-state index contributed by atoms with van der Waals surface area (Å²) in [6.45, 7) is -0.0596. The summed E-state index contributed by atoms with van der Waals surface area (Å²) in [6, 6.07) is 11.4. The first-order valence-electron chi connectivity index (χ1n) is 7.08. The molecule has 0 aliphatic heterocycles. The van der Waals surface area contributed by atoms with Crippen LogP contribution in [0.5, 0.6) is 11.5 Å². The molecule has 0 heterocycles. The standard InChI is InChI=1S/C17H16F3NO3/c1-23-14-6-8-15(9-7-14)24-11-16(22)21-10-12-2-4-13(5-3-12)17(18,19)20/h2-9H,10-11H2,1H3,(H,21,22). The second-order valence-electron chi connectivity index (χ2n) is 4.94. The zero-order valence-corrected chi connectivity index (χ0v) is 12.9. The van der Waals surface area contributed by atoms with E-state index in [1.165, 1.54) is 12.1 Å². The minimum atomic E-state index is -4.37. The van der Waals surface area contributed by atoms with Gasteiger partial charge in [0.15, 0.2) is 6.61 Å². The summed E-state index contributed by atoms with van der Waals surface area (Å²) in [5, 5.41) is 2.58. The number of methoxy groups -OCH3 is 1. The van der Waals surface area contributed by atoms with E-state index in [1.54, 1.807) is 31.4 Å². The third kappa shape index (κ3) is 5.19. The minimum absolute atomic E-state index is 0.128. The zero-order chi connectivity index (χ0) is 17.6. The van der Waals surface area contributed by atoms with Crippen LogP contribution in [0.25, 0.3) is 0 Å². The third-order valence-electron chi connectivity index (χ3n) is 3.20. The van der Waals surface area contributed by atoms with E-state index in [0.717, 1.165) is 12.1 Å². The van der Waals surface area contributed by atoms with Crippen LogP contribution in [0.15, 0.2) is 48.5 Å². The Labute approximate surface area is 137 Å². The van der Waals surface area contributed by atoms with Crippen LogP contribution < -0.4 is 14.8 Å². The molecule has 128 valence electrons. The Morgan fingerprint density at radius 2 is 1.58 bits per heavy atom. The number of alkyl halides is 3. The Balaban J connectivity index is 1.78. The molecule has 1 amide bonds. The van der Waals surface area contributed by atoms with Gasteiger partial charge in [0, 0.05) is 6.54 Å². The fourth-order valence-electron chi connectivity index (χ4n) is 1.88. The molecular formula is C17H16F3NO3. The van der Waals surface area contributed by atoms with Crippen molar-refractivity contribution in [1.29, 1.82) is 0 Å². The number of carbonyl (C=O) groups is 1. The quantitative estimate of drug-likeness (QED) is 0.877. The molecule has 0 aliphatic rings. The van der Waals surface area contributed by atoms with Crippen LogP contribution in [0, 0.1) is 0 Å². The van der Waals surface area contributed by atoms with Gasteiger partial charge in [-0.15, -0.1) is 0 Å². The number of hydrogen-bond donors (Lipinski definition) is 1. The molecule has 0 unspecified atom stereocenters. The summed E-state index contributed by atoms with van der Waals surface area (Å²) < 4.78 is 47.7. The van der Waals surface area contributed by atoms with E-state index in [0.29, 0.717) is 17.1 Å². The molecule has 0 radical (unpaired) electrons. The second-order valence-corrected chi connectivity index (χ2v) is 4.94. The Kier molecular flexibility index (Phi) is 5.68. The Morgan fingerprint density at radius 3 is 2.12 bits per heavy atom. The van der Waals surface area contributed by atoms with Crippen molar-refractivity contribution in [1.82, 2.24) is 5.32 Å². The average molecular weight is 339 g/mol. The number of amides is 1. The van der Waals surface area contributed by atoms with Crippen LogP contribution in [0.4, 0.5) is 13.2 Å². The predicted octanol–water partition coefficient (Wildman–Crippen LogP) is 3.41. The number of hydrogen-bond acceptors (Lipinski definition) is 3. The molecule has 0 bridgehead atoms. The Hall–Kier alpha value is -2.70. The van der Waals surface area contributed by atoms with E-state index in [4.69, 9.17) is 9.47 Å². The van der Waals surface area contributed by atoms with Crippen molar-refractivity contribution >= 4 is 5.91 Å². The lowest BCUT2D eigenvalue weighted by atomic mass is 10.1. The first kappa shape index (κ1) is 17.7. The molecule has 4 nitrogen and oxygen atoms in total. The SMILES string of the molecule is COc1ccc(OCC(=O)NCc2ccc(C(F)(F)F)cc2)cc1. The molecular weight excluding hydrogens is 323 g/mol. The van der Waals surface area contributed by atoms with Crippen LogP contribution in [-0.4, -0.2) is 19.6 Å². The van der Waals surface area contributed by atoms with Gasteiger partial charge in [0.2, 0.25) is 0 Å². The molecule has 0 aromatic heterocycles. The van der Waals surface area contributed by atoms with Gasteiger partial charge in [-0.2, -0.15) is 13.2 Å². The number of rotatable bonds is 6. The van der Waals surface area contributed by atoms with Crippen molar-refractivity contribution in [3.8, 4) is 11.5 Å². The van der Waals surface area contributed by atoms with Crippen molar-refractivity contribution in [2.24, 2.45) is 0 Å². The number of benzene rings is 2. The highest BCUT2D eigenvalue weighted by molar-refractivity contribution is 5.77. The molecule has 0 saturated carbocycles. The number of carbonyl (C=O) groups excluding carboxylic acids is 1. The maximum absolute atomic E-state index is 12.4. The summed E-state index contributed by atoms with van der Waals surface area (Å²) in [6.07, 6.45) is -4.37. The fraction of sp³-hybridized carbons (Fsp3) is 0.235. The summed E-state index contributed by atoms with van der Waals surface area (Å²) in [5.41, 5.74) is -0.152. The summed E-state index contributed by atoms with van der Waals surface area (Å²) >= 11 is 0. The van der Waals surface area contributed by atoms with Gasteiger partial charge >= 0.3 is 6.18 Å². The lowest BCUT2D eigenvalue weighted by molar-refractivity contribution is -0.137. The number of halogens is 3. The lowest BCUT2D eigenvalue weighted by Crippen LogP contribution is -2.28. The smallest absolute Gasteiger partial charge is 0.416 e. The topological polar surface area (TPSA) is 47.6 Å². The maximum Gasteiger partial charge on any atom is 0.416 e. The van der Waals surface area contributed by atoms with Crippen LogP contribution >= 0.6 is 0 Å². The number of nitrogens with one attached hydrogen (secondary N) is 1. The monoisotopic (exact) mass is 339 g/mol. The van der Waals surface area contributed by atoms with Gasteiger partial charge in [-0.3, -0.25) is 4.79 Å².